The van der Waals surface area contributed by atoms with E-state index in [1.807, 2.05) is 53.5 Å². The molecule has 0 aliphatic carbocycles. The number of benzene rings is 3. The van der Waals surface area contributed by atoms with E-state index in [1.54, 1.807) is 18.4 Å². The van der Waals surface area contributed by atoms with Gasteiger partial charge in [-0.2, -0.15) is 5.10 Å². The molecule has 3 aromatic carbocycles. The van der Waals surface area contributed by atoms with E-state index in [1.165, 1.54) is 0 Å². The van der Waals surface area contributed by atoms with Gasteiger partial charge in [-0.1, -0.05) is 60.1 Å². The van der Waals surface area contributed by atoms with E-state index in [4.69, 9.17) is 31.4 Å². The number of methoxy groups -OCH3 is 1. The fourth-order valence-corrected chi connectivity index (χ4v) is 5.27. The van der Waals surface area contributed by atoms with Gasteiger partial charge in [0.2, 0.25) is 5.95 Å². The van der Waals surface area contributed by atoms with Gasteiger partial charge in [-0.05, 0) is 47.3 Å². The summed E-state index contributed by atoms with van der Waals surface area (Å²) in [4.78, 5) is 11.1. The van der Waals surface area contributed by atoms with Crippen LogP contribution in [0.15, 0.2) is 95.4 Å². The molecule has 0 radical (unpaired) electrons. The SMILES string of the molecule is COc1ccc([C@@H]2CC(c3cccs3)=NN2c2nc(-c3ccccc3)c3cc(Cl)ccc3n2)cc1. The molecule has 1 aliphatic heterocycles. The molecule has 172 valence electrons. The van der Waals surface area contributed by atoms with E-state index in [0.29, 0.717) is 11.0 Å². The number of nitrogens with zero attached hydrogens (tertiary/aromatic N) is 4. The first-order valence-electron chi connectivity index (χ1n) is 11.3. The zero-order valence-corrected chi connectivity index (χ0v) is 20.5. The topological polar surface area (TPSA) is 50.6 Å². The number of fused-ring (bicyclic) bond motifs is 1. The standard InChI is InChI=1S/C28H21ClN4OS/c1-34-21-12-9-18(10-13-21)25-17-24(26-8-5-15-35-26)32-33(25)28-30-23-14-11-20(29)16-22(23)27(31-28)19-6-3-2-4-7-19/h2-16,25H,17H2,1H3/t25-/m0/s1. The molecular weight excluding hydrogens is 476 g/mol. The number of anilines is 1. The van der Waals surface area contributed by atoms with Crippen molar-refractivity contribution in [1.29, 1.82) is 0 Å². The van der Waals surface area contributed by atoms with Crippen LogP contribution >= 0.6 is 22.9 Å². The Balaban J connectivity index is 1.52. The molecule has 0 spiro atoms. The van der Waals surface area contributed by atoms with Gasteiger partial charge in [0.25, 0.3) is 0 Å². The number of ether oxygens (including phenoxy) is 1. The number of aromatic nitrogens is 2. The molecule has 0 amide bonds. The molecule has 5 aromatic rings. The smallest absolute Gasteiger partial charge is 0.247 e. The van der Waals surface area contributed by atoms with Gasteiger partial charge in [0, 0.05) is 22.4 Å². The first-order chi connectivity index (χ1) is 17.2. The Hall–Kier alpha value is -3.74. The highest BCUT2D eigenvalue weighted by Gasteiger charge is 2.32. The Bertz CT molecular complexity index is 1520. The summed E-state index contributed by atoms with van der Waals surface area (Å²) >= 11 is 8.04. The first-order valence-corrected chi connectivity index (χ1v) is 12.5. The van der Waals surface area contributed by atoms with Gasteiger partial charge in [-0.15, -0.1) is 11.3 Å². The monoisotopic (exact) mass is 496 g/mol. The van der Waals surface area contributed by atoms with Crippen LogP contribution in [0.1, 0.15) is 22.9 Å². The maximum atomic E-state index is 6.35. The highest BCUT2D eigenvalue weighted by atomic mass is 35.5. The van der Waals surface area contributed by atoms with Crippen molar-refractivity contribution in [2.45, 2.75) is 12.5 Å². The summed E-state index contributed by atoms with van der Waals surface area (Å²) in [5, 5.41) is 10.6. The third-order valence-electron chi connectivity index (χ3n) is 6.11. The second-order valence-corrected chi connectivity index (χ2v) is 9.65. The van der Waals surface area contributed by atoms with Crippen LogP contribution in [0.5, 0.6) is 5.75 Å². The molecule has 1 atom stereocenters. The Morgan fingerprint density at radius 2 is 1.77 bits per heavy atom. The minimum atomic E-state index is -0.0358. The number of halogens is 1. The molecule has 1 aliphatic rings. The van der Waals surface area contributed by atoms with Gasteiger partial charge in [0.05, 0.1) is 35.0 Å². The molecule has 7 heteroatoms. The van der Waals surface area contributed by atoms with Gasteiger partial charge in [-0.3, -0.25) is 0 Å². The van der Waals surface area contributed by atoms with Crippen molar-refractivity contribution in [1.82, 2.24) is 9.97 Å². The van der Waals surface area contributed by atoms with E-state index < -0.39 is 0 Å². The van der Waals surface area contributed by atoms with Crippen molar-refractivity contribution in [2.24, 2.45) is 5.10 Å². The molecule has 0 fully saturated rings. The average molecular weight is 497 g/mol. The maximum Gasteiger partial charge on any atom is 0.247 e. The van der Waals surface area contributed by atoms with Crippen molar-refractivity contribution in [3.63, 3.8) is 0 Å². The molecule has 3 heterocycles. The molecule has 0 unspecified atom stereocenters. The Morgan fingerprint density at radius 3 is 2.51 bits per heavy atom. The Labute approximate surface area is 212 Å². The van der Waals surface area contributed by atoms with Gasteiger partial charge in [0.15, 0.2) is 0 Å². The second kappa shape index (κ2) is 9.13. The van der Waals surface area contributed by atoms with Crippen LogP contribution in [0.3, 0.4) is 0 Å². The Kier molecular flexibility index (Phi) is 5.68. The van der Waals surface area contributed by atoms with Crippen molar-refractivity contribution < 1.29 is 4.74 Å². The summed E-state index contributed by atoms with van der Waals surface area (Å²) in [7, 11) is 1.68. The van der Waals surface area contributed by atoms with Crippen LogP contribution in [-0.2, 0) is 0 Å². The molecule has 0 saturated heterocycles. The molecule has 0 bridgehead atoms. The summed E-state index contributed by atoms with van der Waals surface area (Å²) < 4.78 is 5.37. The van der Waals surface area contributed by atoms with Crippen molar-refractivity contribution in [2.75, 3.05) is 12.1 Å². The quantitative estimate of drug-likeness (QED) is 0.255. The fraction of sp³-hybridized carbons (Fsp3) is 0.107. The first kappa shape index (κ1) is 21.8. The second-order valence-electron chi connectivity index (χ2n) is 8.26. The predicted molar refractivity (Wildman–Crippen MR) is 144 cm³/mol. The normalized spacial score (nSPS) is 15.4. The largest absolute Gasteiger partial charge is 0.497 e. The molecular formula is C28H21ClN4OS. The summed E-state index contributed by atoms with van der Waals surface area (Å²) in [6, 6.07) is 28.1. The minimum absolute atomic E-state index is 0.0358. The van der Waals surface area contributed by atoms with Crippen LogP contribution in [0.4, 0.5) is 5.95 Å². The predicted octanol–water partition coefficient (Wildman–Crippen LogP) is 7.38. The third kappa shape index (κ3) is 4.16. The van der Waals surface area contributed by atoms with Crippen LogP contribution in [-0.4, -0.2) is 22.8 Å². The zero-order valence-electron chi connectivity index (χ0n) is 18.9. The molecule has 0 N–H and O–H groups in total. The summed E-state index contributed by atoms with van der Waals surface area (Å²) in [6.45, 7) is 0. The summed E-state index contributed by atoms with van der Waals surface area (Å²) in [5.41, 5.74) is 4.82. The number of hydrogen-bond donors (Lipinski definition) is 0. The minimum Gasteiger partial charge on any atom is -0.497 e. The molecule has 6 rings (SSSR count). The Morgan fingerprint density at radius 1 is 0.943 bits per heavy atom. The van der Waals surface area contributed by atoms with Gasteiger partial charge >= 0.3 is 0 Å². The van der Waals surface area contributed by atoms with E-state index in [2.05, 4.69) is 41.8 Å². The lowest BCUT2D eigenvalue weighted by molar-refractivity contribution is 0.414. The lowest BCUT2D eigenvalue weighted by atomic mass is 10.0. The van der Waals surface area contributed by atoms with E-state index >= 15 is 0 Å². The number of rotatable bonds is 5. The van der Waals surface area contributed by atoms with Gasteiger partial charge < -0.3 is 4.74 Å². The number of hydrogen-bond acceptors (Lipinski definition) is 6. The highest BCUT2D eigenvalue weighted by molar-refractivity contribution is 7.12. The van der Waals surface area contributed by atoms with E-state index in [0.717, 1.165) is 50.5 Å². The van der Waals surface area contributed by atoms with Crippen molar-refractivity contribution in [3.05, 3.63) is 106 Å². The highest BCUT2D eigenvalue weighted by Crippen LogP contribution is 2.38. The van der Waals surface area contributed by atoms with Crippen LogP contribution in [0, 0.1) is 0 Å². The van der Waals surface area contributed by atoms with Crippen LogP contribution in [0.2, 0.25) is 5.02 Å². The lowest BCUT2D eigenvalue weighted by Gasteiger charge is -2.23. The third-order valence-corrected chi connectivity index (χ3v) is 7.27. The zero-order chi connectivity index (χ0) is 23.8. The van der Waals surface area contributed by atoms with Crippen molar-refractivity contribution in [3.8, 4) is 17.0 Å². The van der Waals surface area contributed by atoms with Crippen LogP contribution in [0.25, 0.3) is 22.2 Å². The average Bonchev–Trinajstić information content (AvgIpc) is 3.59. The van der Waals surface area contributed by atoms with Gasteiger partial charge in [-0.25, -0.2) is 15.0 Å². The number of thiophene rings is 1. The lowest BCUT2D eigenvalue weighted by Crippen LogP contribution is -2.21. The van der Waals surface area contributed by atoms with E-state index in [9.17, 15) is 0 Å². The summed E-state index contributed by atoms with van der Waals surface area (Å²) in [5.74, 6) is 1.38. The van der Waals surface area contributed by atoms with E-state index in [-0.39, 0.29) is 6.04 Å². The molecule has 35 heavy (non-hydrogen) atoms. The molecule has 5 nitrogen and oxygen atoms in total. The molecule has 0 saturated carbocycles. The van der Waals surface area contributed by atoms with Crippen molar-refractivity contribution >= 4 is 45.5 Å². The fourth-order valence-electron chi connectivity index (χ4n) is 4.38. The number of hydrazone groups is 1. The summed E-state index contributed by atoms with van der Waals surface area (Å²) in [6.07, 6.45) is 0.759. The van der Waals surface area contributed by atoms with Crippen LogP contribution < -0.4 is 9.75 Å². The van der Waals surface area contributed by atoms with Gasteiger partial charge in [0.1, 0.15) is 5.75 Å². The maximum absolute atomic E-state index is 6.35. The molecule has 2 aromatic heterocycles.